The first-order chi connectivity index (χ1) is 15.3. The first-order valence-electron chi connectivity index (χ1n) is 9.93. The van der Waals surface area contributed by atoms with Gasteiger partial charge in [0.2, 0.25) is 0 Å². The fraction of sp³-hybridized carbons (Fsp3) is 0.167. The average molecular weight is 465 g/mol. The minimum absolute atomic E-state index is 0.0134. The van der Waals surface area contributed by atoms with Gasteiger partial charge in [-0.2, -0.15) is 0 Å². The molecule has 0 saturated carbocycles. The van der Waals surface area contributed by atoms with Crippen molar-refractivity contribution in [3.63, 3.8) is 0 Å². The molecule has 0 bridgehead atoms. The summed E-state index contributed by atoms with van der Waals surface area (Å²) in [7, 11) is 0. The van der Waals surface area contributed by atoms with Crippen LogP contribution in [0, 0.1) is 0 Å². The predicted octanol–water partition coefficient (Wildman–Crippen LogP) is 3.78. The average Bonchev–Trinajstić information content (AvgIpc) is 3.15. The fourth-order valence-corrected chi connectivity index (χ4v) is 6.11. The molecule has 4 rings (SSSR count). The van der Waals surface area contributed by atoms with E-state index in [1.54, 1.807) is 37.4 Å². The van der Waals surface area contributed by atoms with Gasteiger partial charge in [0.1, 0.15) is 0 Å². The van der Waals surface area contributed by atoms with Gasteiger partial charge in [-0.25, -0.2) is 0 Å². The number of carbonyl (C=O) groups is 4. The number of thioether (sulfide) groups is 2. The van der Waals surface area contributed by atoms with Crippen LogP contribution in [0.2, 0.25) is 0 Å². The zero-order valence-electron chi connectivity index (χ0n) is 17.6. The minimum atomic E-state index is -0.384. The van der Waals surface area contributed by atoms with E-state index in [-0.39, 0.29) is 28.2 Å². The van der Waals surface area contributed by atoms with Crippen LogP contribution in [0.4, 0.5) is 0 Å². The van der Waals surface area contributed by atoms with Gasteiger partial charge in [0, 0.05) is 32.1 Å². The standard InChI is InChI=1S/C24H20N2O4S2/c1-12-19(23(29)25-21(12)27)15-8-4-6-10-17(15)31-14(3)32-18-11-7-5-9-16(18)20-13(2)22(28)26-24(20)30/h4-11,14H,1-3H3,(H,25,27,29)(H,26,28,30). The maximum atomic E-state index is 12.3. The van der Waals surface area contributed by atoms with Crippen molar-refractivity contribution in [1.82, 2.24) is 10.6 Å². The van der Waals surface area contributed by atoms with Crippen LogP contribution in [0.1, 0.15) is 31.9 Å². The monoisotopic (exact) mass is 464 g/mol. The lowest BCUT2D eigenvalue weighted by Crippen LogP contribution is -2.22. The summed E-state index contributed by atoms with van der Waals surface area (Å²) in [6.07, 6.45) is 0. The summed E-state index contributed by atoms with van der Waals surface area (Å²) in [5.41, 5.74) is 3.06. The Labute approximate surface area is 193 Å². The first-order valence-corrected chi connectivity index (χ1v) is 11.7. The molecule has 0 aliphatic carbocycles. The lowest BCUT2D eigenvalue weighted by Gasteiger charge is -2.17. The van der Waals surface area contributed by atoms with Gasteiger partial charge in [-0.1, -0.05) is 36.4 Å². The molecule has 2 aliphatic heterocycles. The van der Waals surface area contributed by atoms with Crippen LogP contribution in [0.25, 0.3) is 11.1 Å². The summed E-state index contributed by atoms with van der Waals surface area (Å²) < 4.78 is 0.0134. The Morgan fingerprint density at radius 2 is 1.00 bits per heavy atom. The summed E-state index contributed by atoms with van der Waals surface area (Å²) in [6.45, 7) is 5.33. The molecule has 0 radical (unpaired) electrons. The summed E-state index contributed by atoms with van der Waals surface area (Å²) >= 11 is 3.13. The number of nitrogens with one attached hydrogen (secondary N) is 2. The lowest BCUT2D eigenvalue weighted by atomic mass is 10.0. The van der Waals surface area contributed by atoms with Gasteiger partial charge in [-0.05, 0) is 32.9 Å². The van der Waals surface area contributed by atoms with Gasteiger partial charge in [0.25, 0.3) is 23.6 Å². The Balaban J connectivity index is 1.62. The number of carbonyl (C=O) groups excluding carboxylic acids is 4. The van der Waals surface area contributed by atoms with Crippen LogP contribution in [0.3, 0.4) is 0 Å². The Kier molecular flexibility index (Phi) is 6.08. The third-order valence-electron chi connectivity index (χ3n) is 5.24. The topological polar surface area (TPSA) is 92.3 Å². The lowest BCUT2D eigenvalue weighted by molar-refractivity contribution is -0.125. The maximum absolute atomic E-state index is 12.3. The molecule has 32 heavy (non-hydrogen) atoms. The van der Waals surface area contributed by atoms with Crippen molar-refractivity contribution < 1.29 is 19.2 Å². The van der Waals surface area contributed by atoms with Crippen molar-refractivity contribution in [1.29, 1.82) is 0 Å². The predicted molar refractivity (Wildman–Crippen MR) is 126 cm³/mol. The first kappa shape index (κ1) is 22.1. The second-order valence-corrected chi connectivity index (χ2v) is 10.4. The van der Waals surface area contributed by atoms with E-state index in [9.17, 15) is 19.2 Å². The molecule has 2 aromatic carbocycles. The van der Waals surface area contributed by atoms with Crippen LogP contribution < -0.4 is 10.6 Å². The molecule has 2 aromatic rings. The molecule has 162 valence electrons. The molecule has 2 N–H and O–H groups in total. The Morgan fingerprint density at radius 1 is 0.625 bits per heavy atom. The Morgan fingerprint density at radius 3 is 1.34 bits per heavy atom. The number of imide groups is 2. The van der Waals surface area contributed by atoms with Gasteiger partial charge in [0.15, 0.2) is 0 Å². The zero-order valence-corrected chi connectivity index (χ0v) is 19.3. The molecule has 0 spiro atoms. The normalized spacial score (nSPS) is 16.4. The maximum Gasteiger partial charge on any atom is 0.259 e. The van der Waals surface area contributed by atoms with E-state index in [0.717, 1.165) is 20.9 Å². The van der Waals surface area contributed by atoms with E-state index in [0.29, 0.717) is 22.3 Å². The van der Waals surface area contributed by atoms with E-state index < -0.39 is 0 Å². The van der Waals surface area contributed by atoms with Crippen LogP contribution in [-0.4, -0.2) is 28.2 Å². The van der Waals surface area contributed by atoms with Gasteiger partial charge < -0.3 is 0 Å². The fourth-order valence-electron chi connectivity index (χ4n) is 3.67. The molecular formula is C24H20N2O4S2. The van der Waals surface area contributed by atoms with E-state index in [1.165, 1.54) is 0 Å². The number of hydrogen-bond donors (Lipinski definition) is 2. The molecule has 0 saturated heterocycles. The van der Waals surface area contributed by atoms with Crippen LogP contribution in [0.5, 0.6) is 0 Å². The smallest absolute Gasteiger partial charge is 0.259 e. The van der Waals surface area contributed by atoms with Crippen molar-refractivity contribution in [3.8, 4) is 0 Å². The largest absolute Gasteiger partial charge is 0.288 e. The molecule has 0 fully saturated rings. The van der Waals surface area contributed by atoms with Crippen molar-refractivity contribution in [2.45, 2.75) is 35.1 Å². The minimum Gasteiger partial charge on any atom is -0.288 e. The third kappa shape index (κ3) is 4.03. The molecule has 0 aromatic heterocycles. The summed E-state index contributed by atoms with van der Waals surface area (Å²) in [6, 6.07) is 15.0. The quantitative estimate of drug-likeness (QED) is 0.384. The van der Waals surface area contributed by atoms with E-state index in [4.69, 9.17) is 0 Å². The van der Waals surface area contributed by atoms with Crippen LogP contribution >= 0.6 is 23.5 Å². The van der Waals surface area contributed by atoms with Gasteiger partial charge >= 0.3 is 0 Å². The van der Waals surface area contributed by atoms with Crippen molar-refractivity contribution in [2.75, 3.05) is 0 Å². The van der Waals surface area contributed by atoms with Crippen LogP contribution in [0.15, 0.2) is 69.5 Å². The van der Waals surface area contributed by atoms with Crippen molar-refractivity contribution in [2.24, 2.45) is 0 Å². The van der Waals surface area contributed by atoms with Gasteiger partial charge in [0.05, 0.1) is 15.7 Å². The molecule has 2 aliphatic rings. The SMILES string of the molecule is CC1=C(c2ccccc2SC(C)Sc2ccccc2C2=C(C)C(=O)NC2=O)C(=O)NC1=O. The number of rotatable bonds is 6. The summed E-state index contributed by atoms with van der Waals surface area (Å²) in [5, 5.41) is 4.70. The number of benzene rings is 2. The zero-order chi connectivity index (χ0) is 23.0. The second kappa shape index (κ2) is 8.80. The van der Waals surface area contributed by atoms with Gasteiger partial charge in [-0.15, -0.1) is 23.5 Å². The molecule has 4 amide bonds. The second-order valence-electron chi connectivity index (χ2n) is 7.36. The van der Waals surface area contributed by atoms with Crippen LogP contribution in [-0.2, 0) is 19.2 Å². The van der Waals surface area contributed by atoms with Crippen molar-refractivity contribution in [3.05, 3.63) is 70.8 Å². The highest BCUT2D eigenvalue weighted by Gasteiger charge is 2.31. The molecular weight excluding hydrogens is 444 g/mol. The Bertz CT molecular complexity index is 1150. The molecule has 2 heterocycles. The molecule has 8 heteroatoms. The van der Waals surface area contributed by atoms with Crippen molar-refractivity contribution >= 4 is 58.3 Å². The summed E-state index contributed by atoms with van der Waals surface area (Å²) in [5.74, 6) is -1.50. The number of hydrogen-bond acceptors (Lipinski definition) is 6. The third-order valence-corrected chi connectivity index (χ3v) is 7.70. The molecule has 0 unspecified atom stereocenters. The Hall–Kier alpha value is -3.10. The highest BCUT2D eigenvalue weighted by atomic mass is 32.2. The van der Waals surface area contributed by atoms with E-state index >= 15 is 0 Å². The highest BCUT2D eigenvalue weighted by Crippen LogP contribution is 2.42. The van der Waals surface area contributed by atoms with E-state index in [2.05, 4.69) is 10.6 Å². The van der Waals surface area contributed by atoms with E-state index in [1.807, 2.05) is 55.5 Å². The number of amides is 4. The molecule has 0 atom stereocenters. The highest BCUT2D eigenvalue weighted by molar-refractivity contribution is 8.17. The van der Waals surface area contributed by atoms with Gasteiger partial charge in [-0.3, -0.25) is 29.8 Å². The summed E-state index contributed by atoms with van der Waals surface area (Å²) in [4.78, 5) is 50.3. The molecule has 6 nitrogen and oxygen atoms in total.